The summed E-state index contributed by atoms with van der Waals surface area (Å²) in [6.07, 6.45) is 4.19. The highest BCUT2D eigenvalue weighted by Gasteiger charge is 2.20. The first-order valence-electron chi connectivity index (χ1n) is 3.22. The number of aldehydes is 1. The quantitative estimate of drug-likeness (QED) is 0.555. The van der Waals surface area contributed by atoms with Crippen molar-refractivity contribution in [2.45, 2.75) is 11.2 Å². The van der Waals surface area contributed by atoms with Crippen molar-refractivity contribution in [3.8, 4) is 0 Å². The minimum Gasteiger partial charge on any atom is -0.301 e. The molecule has 11 heavy (non-hydrogen) atoms. The van der Waals surface area contributed by atoms with E-state index in [0.717, 1.165) is 11.8 Å². The summed E-state index contributed by atoms with van der Waals surface area (Å²) >= 11 is 3.29. The predicted octanol–water partition coefficient (Wildman–Crippen LogP) is 1.89. The van der Waals surface area contributed by atoms with Gasteiger partial charge in [0.25, 0.3) is 0 Å². The van der Waals surface area contributed by atoms with Crippen LogP contribution in [0.4, 0.5) is 0 Å². The highest BCUT2D eigenvalue weighted by molar-refractivity contribution is 9.10. The molecule has 0 spiro atoms. The van der Waals surface area contributed by atoms with Crippen LogP contribution in [0.25, 0.3) is 0 Å². The highest BCUT2D eigenvalue weighted by atomic mass is 79.9. The van der Waals surface area contributed by atoms with Crippen molar-refractivity contribution in [2.24, 2.45) is 0 Å². The van der Waals surface area contributed by atoms with Gasteiger partial charge in [-0.1, -0.05) is 15.9 Å². The molecule has 0 N–H and O–H groups in total. The molecule has 0 aliphatic heterocycles. The average Bonchev–Trinajstić information content (AvgIpc) is 2.06. The Hall–Kier alpha value is -0.700. The van der Waals surface area contributed by atoms with Crippen molar-refractivity contribution in [3.05, 3.63) is 30.1 Å². The third-order valence-electron chi connectivity index (χ3n) is 1.47. The van der Waals surface area contributed by atoms with E-state index in [1.807, 2.05) is 12.1 Å². The van der Waals surface area contributed by atoms with Gasteiger partial charge in [0.05, 0.1) is 0 Å². The zero-order valence-electron chi connectivity index (χ0n) is 6.12. The number of nitrogens with zero attached hydrogens (tertiary/aromatic N) is 1. The first-order valence-corrected chi connectivity index (χ1v) is 4.02. The molecule has 58 valence electrons. The van der Waals surface area contributed by atoms with Crippen LogP contribution >= 0.6 is 15.9 Å². The van der Waals surface area contributed by atoms with Crippen LogP contribution in [0.5, 0.6) is 0 Å². The van der Waals surface area contributed by atoms with E-state index >= 15 is 0 Å². The smallest absolute Gasteiger partial charge is 0.140 e. The molecule has 1 aromatic heterocycles. The van der Waals surface area contributed by atoms with E-state index in [4.69, 9.17) is 0 Å². The molecular formula is C8H8BrNO. The van der Waals surface area contributed by atoms with Gasteiger partial charge in [0.1, 0.15) is 10.6 Å². The number of halogens is 1. The van der Waals surface area contributed by atoms with Gasteiger partial charge in [0.2, 0.25) is 0 Å². The lowest BCUT2D eigenvalue weighted by atomic mass is 10.0. The molecule has 0 saturated heterocycles. The third-order valence-corrected chi connectivity index (χ3v) is 2.11. The zero-order valence-corrected chi connectivity index (χ0v) is 7.71. The molecule has 0 amide bonds. The van der Waals surface area contributed by atoms with Crippen LogP contribution in [0, 0.1) is 0 Å². The van der Waals surface area contributed by atoms with Gasteiger partial charge in [-0.2, -0.15) is 0 Å². The molecule has 3 heteroatoms. The molecule has 2 nitrogen and oxygen atoms in total. The molecule has 0 bridgehead atoms. The molecule has 0 fully saturated rings. The Morgan fingerprint density at radius 3 is 2.55 bits per heavy atom. The lowest BCUT2D eigenvalue weighted by Gasteiger charge is -2.13. The van der Waals surface area contributed by atoms with Crippen molar-refractivity contribution >= 4 is 22.2 Å². The molecule has 0 saturated carbocycles. The van der Waals surface area contributed by atoms with E-state index in [9.17, 15) is 4.79 Å². The van der Waals surface area contributed by atoms with E-state index in [1.165, 1.54) is 0 Å². The van der Waals surface area contributed by atoms with Crippen LogP contribution in [0.2, 0.25) is 0 Å². The van der Waals surface area contributed by atoms with Crippen molar-refractivity contribution in [2.75, 3.05) is 0 Å². The standard InChI is InChI=1S/C8H8BrNO/c1-8(9,6-11)7-2-4-10-5-3-7/h2-6H,1H3. The lowest BCUT2D eigenvalue weighted by molar-refractivity contribution is -0.109. The minimum absolute atomic E-state index is 0.573. The molecule has 0 radical (unpaired) electrons. The molecule has 0 aliphatic rings. The Morgan fingerprint density at radius 2 is 2.09 bits per heavy atom. The summed E-state index contributed by atoms with van der Waals surface area (Å²) in [7, 11) is 0. The van der Waals surface area contributed by atoms with Crippen molar-refractivity contribution in [1.29, 1.82) is 0 Å². The monoisotopic (exact) mass is 213 g/mol. The molecule has 1 aromatic rings. The number of carbonyl (C=O) groups excluding carboxylic acids is 1. The minimum atomic E-state index is -0.573. The Kier molecular flexibility index (Phi) is 2.39. The summed E-state index contributed by atoms with van der Waals surface area (Å²) in [5, 5.41) is 0. The lowest BCUT2D eigenvalue weighted by Crippen LogP contribution is -2.13. The second-order valence-corrected chi connectivity index (χ2v) is 4.08. The Balaban J connectivity index is 3.02. The van der Waals surface area contributed by atoms with Crippen LogP contribution < -0.4 is 0 Å². The van der Waals surface area contributed by atoms with Crippen molar-refractivity contribution in [3.63, 3.8) is 0 Å². The second-order valence-electron chi connectivity index (χ2n) is 2.43. The number of aromatic nitrogens is 1. The highest BCUT2D eigenvalue weighted by Crippen LogP contribution is 2.27. The maximum absolute atomic E-state index is 10.6. The number of hydrogen-bond donors (Lipinski definition) is 0. The fraction of sp³-hybridized carbons (Fsp3) is 0.250. The second kappa shape index (κ2) is 3.13. The number of carbonyl (C=O) groups is 1. The van der Waals surface area contributed by atoms with Gasteiger partial charge in [-0.05, 0) is 24.6 Å². The predicted molar refractivity (Wildman–Crippen MR) is 46.6 cm³/mol. The van der Waals surface area contributed by atoms with Gasteiger partial charge < -0.3 is 4.79 Å². The van der Waals surface area contributed by atoms with Gasteiger partial charge in [-0.3, -0.25) is 4.98 Å². The molecule has 1 unspecified atom stereocenters. The molecule has 1 rings (SSSR count). The summed E-state index contributed by atoms with van der Waals surface area (Å²) < 4.78 is -0.573. The van der Waals surface area contributed by atoms with Crippen LogP contribution in [-0.2, 0) is 9.12 Å². The SMILES string of the molecule is CC(Br)(C=O)c1ccncc1. The molecule has 0 aliphatic carbocycles. The van der Waals surface area contributed by atoms with E-state index in [2.05, 4.69) is 20.9 Å². The first kappa shape index (κ1) is 8.40. The maximum atomic E-state index is 10.6. The van der Waals surface area contributed by atoms with Crippen LogP contribution in [-0.4, -0.2) is 11.3 Å². The van der Waals surface area contributed by atoms with Gasteiger partial charge in [-0.25, -0.2) is 0 Å². The third kappa shape index (κ3) is 1.87. The number of pyridine rings is 1. The van der Waals surface area contributed by atoms with E-state index in [1.54, 1.807) is 19.3 Å². The average molecular weight is 214 g/mol. The van der Waals surface area contributed by atoms with Gasteiger partial charge in [0, 0.05) is 12.4 Å². The Morgan fingerprint density at radius 1 is 1.55 bits per heavy atom. The van der Waals surface area contributed by atoms with Crippen LogP contribution in [0.3, 0.4) is 0 Å². The number of alkyl halides is 1. The van der Waals surface area contributed by atoms with E-state index in [-0.39, 0.29) is 0 Å². The largest absolute Gasteiger partial charge is 0.301 e. The van der Waals surface area contributed by atoms with Gasteiger partial charge in [0.15, 0.2) is 0 Å². The van der Waals surface area contributed by atoms with Crippen molar-refractivity contribution in [1.82, 2.24) is 4.98 Å². The topological polar surface area (TPSA) is 30.0 Å². The first-order chi connectivity index (χ1) is 5.17. The molecular weight excluding hydrogens is 206 g/mol. The zero-order chi connectivity index (χ0) is 8.32. The Bertz CT molecular complexity index is 246. The maximum Gasteiger partial charge on any atom is 0.140 e. The fourth-order valence-corrected chi connectivity index (χ4v) is 1.01. The van der Waals surface area contributed by atoms with Gasteiger partial charge in [-0.15, -0.1) is 0 Å². The molecule has 0 aromatic carbocycles. The van der Waals surface area contributed by atoms with Crippen LogP contribution in [0.15, 0.2) is 24.5 Å². The van der Waals surface area contributed by atoms with E-state index in [0.29, 0.717) is 0 Å². The Labute approximate surface area is 73.8 Å². The van der Waals surface area contributed by atoms with Gasteiger partial charge >= 0.3 is 0 Å². The van der Waals surface area contributed by atoms with E-state index < -0.39 is 4.32 Å². The normalized spacial score (nSPS) is 15.5. The van der Waals surface area contributed by atoms with Crippen molar-refractivity contribution < 1.29 is 4.79 Å². The number of hydrogen-bond acceptors (Lipinski definition) is 2. The summed E-state index contributed by atoms with van der Waals surface area (Å²) in [4.78, 5) is 14.4. The fourth-order valence-electron chi connectivity index (χ4n) is 0.746. The summed E-state index contributed by atoms with van der Waals surface area (Å²) in [6, 6.07) is 3.62. The summed E-state index contributed by atoms with van der Waals surface area (Å²) in [5.74, 6) is 0. The van der Waals surface area contributed by atoms with Crippen LogP contribution in [0.1, 0.15) is 12.5 Å². The number of rotatable bonds is 2. The summed E-state index contributed by atoms with van der Waals surface area (Å²) in [5.41, 5.74) is 0.919. The molecule has 1 heterocycles. The molecule has 1 atom stereocenters. The summed E-state index contributed by atoms with van der Waals surface area (Å²) in [6.45, 7) is 1.80.